The third kappa shape index (κ3) is 2.33. The normalized spacial score (nSPS) is 10.2. The van der Waals surface area contributed by atoms with Crippen LogP contribution in [0.15, 0.2) is 36.4 Å². The van der Waals surface area contributed by atoms with Crippen LogP contribution in [0.25, 0.3) is 11.1 Å². The first-order valence-corrected chi connectivity index (χ1v) is 5.35. The van der Waals surface area contributed by atoms with Crippen LogP contribution in [0.3, 0.4) is 0 Å². The maximum Gasteiger partial charge on any atom is 0.311 e. The second-order valence-corrected chi connectivity index (χ2v) is 3.78. The Bertz CT molecular complexity index is 643. The van der Waals surface area contributed by atoms with Crippen molar-refractivity contribution in [3.8, 4) is 22.6 Å². The fraction of sp³-hybridized carbons (Fsp3) is 0.0769. The zero-order valence-electron chi connectivity index (χ0n) is 9.96. The number of aromatic hydroxyl groups is 1. The SMILES string of the molecule is COc1cccc(-c2ccc(O)c([N+](=O)[O-])c2)c1F. The number of methoxy groups -OCH3 is 1. The fourth-order valence-electron chi connectivity index (χ4n) is 1.73. The van der Waals surface area contributed by atoms with Gasteiger partial charge < -0.3 is 9.84 Å². The van der Waals surface area contributed by atoms with Crippen LogP contribution in [-0.2, 0) is 0 Å². The molecule has 1 N–H and O–H groups in total. The van der Waals surface area contributed by atoms with Gasteiger partial charge in [-0.15, -0.1) is 0 Å². The molecule has 2 aromatic rings. The maximum absolute atomic E-state index is 14.0. The summed E-state index contributed by atoms with van der Waals surface area (Å²) >= 11 is 0. The molecule has 0 saturated heterocycles. The van der Waals surface area contributed by atoms with Crippen LogP contribution >= 0.6 is 0 Å². The van der Waals surface area contributed by atoms with Crippen molar-refractivity contribution < 1.29 is 19.2 Å². The number of nitro benzene ring substituents is 1. The Morgan fingerprint density at radius 2 is 2.05 bits per heavy atom. The van der Waals surface area contributed by atoms with Gasteiger partial charge in [0.05, 0.1) is 12.0 Å². The molecule has 0 aliphatic heterocycles. The topological polar surface area (TPSA) is 72.6 Å². The van der Waals surface area contributed by atoms with E-state index in [0.29, 0.717) is 5.56 Å². The number of rotatable bonds is 3. The van der Waals surface area contributed by atoms with E-state index in [-0.39, 0.29) is 11.3 Å². The molecule has 2 rings (SSSR count). The molecule has 98 valence electrons. The number of nitro groups is 1. The van der Waals surface area contributed by atoms with E-state index in [1.807, 2.05) is 0 Å². The monoisotopic (exact) mass is 263 g/mol. The summed E-state index contributed by atoms with van der Waals surface area (Å²) in [5.74, 6) is -1.02. The Morgan fingerprint density at radius 1 is 1.32 bits per heavy atom. The van der Waals surface area contributed by atoms with Crippen molar-refractivity contribution in [2.45, 2.75) is 0 Å². The predicted molar refractivity (Wildman–Crippen MR) is 66.7 cm³/mol. The Balaban J connectivity index is 2.60. The van der Waals surface area contributed by atoms with Gasteiger partial charge in [0.25, 0.3) is 0 Å². The number of hydrogen-bond donors (Lipinski definition) is 1. The van der Waals surface area contributed by atoms with E-state index in [1.165, 1.54) is 25.3 Å². The molecule has 0 fully saturated rings. The number of benzene rings is 2. The lowest BCUT2D eigenvalue weighted by Crippen LogP contribution is -1.93. The van der Waals surface area contributed by atoms with Crippen LogP contribution in [0.5, 0.6) is 11.5 Å². The minimum absolute atomic E-state index is 0.0493. The van der Waals surface area contributed by atoms with E-state index in [2.05, 4.69) is 0 Å². The molecule has 0 radical (unpaired) electrons. The molecule has 2 aromatic carbocycles. The van der Waals surface area contributed by atoms with Crippen LogP contribution in [0.1, 0.15) is 0 Å². The Morgan fingerprint density at radius 3 is 2.68 bits per heavy atom. The predicted octanol–water partition coefficient (Wildman–Crippen LogP) is 3.12. The van der Waals surface area contributed by atoms with Gasteiger partial charge in [-0.2, -0.15) is 0 Å². The van der Waals surface area contributed by atoms with Gasteiger partial charge in [0.2, 0.25) is 0 Å². The zero-order valence-corrected chi connectivity index (χ0v) is 9.96. The summed E-state index contributed by atoms with van der Waals surface area (Å²) in [7, 11) is 1.33. The van der Waals surface area contributed by atoms with Gasteiger partial charge in [-0.1, -0.05) is 18.2 Å². The van der Waals surface area contributed by atoms with Gasteiger partial charge >= 0.3 is 5.69 Å². The fourth-order valence-corrected chi connectivity index (χ4v) is 1.73. The lowest BCUT2D eigenvalue weighted by molar-refractivity contribution is -0.385. The molecule has 0 atom stereocenters. The average molecular weight is 263 g/mol. The molecule has 0 bridgehead atoms. The first kappa shape index (κ1) is 12.8. The summed E-state index contributed by atoms with van der Waals surface area (Å²) in [6.45, 7) is 0. The quantitative estimate of drug-likeness (QED) is 0.682. The van der Waals surface area contributed by atoms with Crippen molar-refractivity contribution in [3.63, 3.8) is 0 Å². The lowest BCUT2D eigenvalue weighted by Gasteiger charge is -2.07. The summed E-state index contributed by atoms with van der Waals surface area (Å²) in [5, 5.41) is 20.1. The number of hydrogen-bond acceptors (Lipinski definition) is 4. The van der Waals surface area contributed by atoms with Crippen LogP contribution < -0.4 is 4.74 Å². The van der Waals surface area contributed by atoms with Crippen molar-refractivity contribution in [3.05, 3.63) is 52.3 Å². The molecule has 0 heterocycles. The van der Waals surface area contributed by atoms with Crippen molar-refractivity contribution >= 4 is 5.69 Å². The van der Waals surface area contributed by atoms with Crippen LogP contribution in [0, 0.1) is 15.9 Å². The molecule has 0 spiro atoms. The second-order valence-electron chi connectivity index (χ2n) is 3.78. The Hall–Kier alpha value is -2.63. The van der Waals surface area contributed by atoms with Crippen molar-refractivity contribution in [1.29, 1.82) is 0 Å². The third-order valence-corrected chi connectivity index (χ3v) is 2.67. The summed E-state index contributed by atoms with van der Waals surface area (Å²) in [4.78, 5) is 10.0. The molecule has 0 amide bonds. The molecule has 6 heteroatoms. The molecule has 0 unspecified atom stereocenters. The highest BCUT2D eigenvalue weighted by Gasteiger charge is 2.17. The Kier molecular flexibility index (Phi) is 3.33. The summed E-state index contributed by atoms with van der Waals surface area (Å²) in [5.41, 5.74) is -0.0110. The molecule has 19 heavy (non-hydrogen) atoms. The third-order valence-electron chi connectivity index (χ3n) is 2.67. The average Bonchev–Trinajstić information content (AvgIpc) is 2.39. The highest BCUT2D eigenvalue weighted by atomic mass is 19.1. The minimum atomic E-state index is -0.725. The molecule has 0 saturated carbocycles. The molecular formula is C13H10FNO4. The molecule has 0 aromatic heterocycles. The second kappa shape index (κ2) is 4.93. The van der Waals surface area contributed by atoms with E-state index < -0.39 is 22.2 Å². The Labute approximate surface area is 108 Å². The van der Waals surface area contributed by atoms with E-state index in [4.69, 9.17) is 4.74 Å². The number of phenolic OH excluding ortho intramolecular Hbond substituents is 1. The van der Waals surface area contributed by atoms with Gasteiger partial charge in [-0.25, -0.2) is 4.39 Å². The standard InChI is InChI=1S/C13H10FNO4/c1-19-12-4-2-3-9(13(12)14)8-5-6-11(16)10(7-8)15(17)18/h2-7,16H,1H3. The number of nitrogens with zero attached hydrogens (tertiary/aromatic N) is 1. The first-order valence-electron chi connectivity index (χ1n) is 5.35. The van der Waals surface area contributed by atoms with Gasteiger partial charge in [-0.05, 0) is 17.7 Å². The molecule has 0 aliphatic carbocycles. The summed E-state index contributed by atoms with van der Waals surface area (Å²) in [6.07, 6.45) is 0. The van der Waals surface area contributed by atoms with Crippen molar-refractivity contribution in [2.75, 3.05) is 7.11 Å². The summed E-state index contributed by atoms with van der Waals surface area (Å²) < 4.78 is 18.9. The van der Waals surface area contributed by atoms with Crippen molar-refractivity contribution in [1.82, 2.24) is 0 Å². The van der Waals surface area contributed by atoms with Gasteiger partial charge in [0.15, 0.2) is 17.3 Å². The number of halogens is 1. The van der Waals surface area contributed by atoms with Crippen LogP contribution in [-0.4, -0.2) is 17.1 Å². The number of phenols is 1. The summed E-state index contributed by atoms with van der Waals surface area (Å²) in [6, 6.07) is 8.19. The zero-order chi connectivity index (χ0) is 14.0. The van der Waals surface area contributed by atoms with Crippen LogP contribution in [0.4, 0.5) is 10.1 Å². The van der Waals surface area contributed by atoms with Crippen LogP contribution in [0.2, 0.25) is 0 Å². The van der Waals surface area contributed by atoms with Gasteiger partial charge in [0.1, 0.15) is 0 Å². The van der Waals surface area contributed by atoms with E-state index in [0.717, 1.165) is 12.1 Å². The highest BCUT2D eigenvalue weighted by Crippen LogP contribution is 2.34. The largest absolute Gasteiger partial charge is 0.502 e. The van der Waals surface area contributed by atoms with Gasteiger partial charge in [-0.3, -0.25) is 10.1 Å². The lowest BCUT2D eigenvalue weighted by atomic mass is 10.0. The minimum Gasteiger partial charge on any atom is -0.502 e. The maximum atomic E-state index is 14.0. The van der Waals surface area contributed by atoms with E-state index in [1.54, 1.807) is 6.07 Å². The van der Waals surface area contributed by atoms with E-state index in [9.17, 15) is 19.6 Å². The number of ether oxygens (including phenoxy) is 1. The van der Waals surface area contributed by atoms with Crippen molar-refractivity contribution in [2.24, 2.45) is 0 Å². The van der Waals surface area contributed by atoms with Gasteiger partial charge in [0, 0.05) is 11.6 Å². The molecule has 5 nitrogen and oxygen atoms in total. The highest BCUT2D eigenvalue weighted by molar-refractivity contribution is 5.70. The molecule has 0 aliphatic rings. The molecular weight excluding hydrogens is 253 g/mol. The smallest absolute Gasteiger partial charge is 0.311 e. The van der Waals surface area contributed by atoms with E-state index >= 15 is 0 Å². The first-order chi connectivity index (χ1) is 9.04.